The van der Waals surface area contributed by atoms with E-state index < -0.39 is 17.3 Å². The standard InChI is InChI=1S/C25H32N6O6/c1-3-37-20(32)8-6-4-5-7-10-31-19-13-17(26-16-9-11-30(14-16)25(35)36)15(2)12-18(19)27-21-22(31)28-24(34)29-23(21)33/h12-13,16,26H,3-11,14H2,1-2H3,(H,35,36)(H,29,33,34)/t16-/m1/s1. The first-order chi connectivity index (χ1) is 17.8. The predicted octanol–water partition coefficient (Wildman–Crippen LogP) is 2.57. The highest BCUT2D eigenvalue weighted by molar-refractivity contribution is 5.84. The van der Waals surface area contributed by atoms with Crippen LogP contribution in [0.5, 0.6) is 0 Å². The van der Waals surface area contributed by atoms with Crippen LogP contribution in [-0.4, -0.2) is 67.3 Å². The van der Waals surface area contributed by atoms with E-state index >= 15 is 0 Å². The van der Waals surface area contributed by atoms with E-state index in [0.717, 1.165) is 42.5 Å². The Labute approximate surface area is 213 Å². The molecule has 198 valence electrons. The highest BCUT2D eigenvalue weighted by atomic mass is 16.5. The molecule has 0 unspecified atom stereocenters. The van der Waals surface area contributed by atoms with Gasteiger partial charge in [0.05, 0.1) is 17.6 Å². The first-order valence-electron chi connectivity index (χ1n) is 12.6. The van der Waals surface area contributed by atoms with Crippen LogP contribution in [0.3, 0.4) is 0 Å². The number of amides is 1. The molecule has 3 heterocycles. The number of carboxylic acid groups (broad SMARTS) is 1. The minimum atomic E-state index is -0.931. The van der Waals surface area contributed by atoms with Crippen molar-refractivity contribution in [2.75, 3.05) is 25.0 Å². The van der Waals surface area contributed by atoms with Gasteiger partial charge in [0, 0.05) is 37.8 Å². The predicted molar refractivity (Wildman–Crippen MR) is 137 cm³/mol. The lowest BCUT2D eigenvalue weighted by atomic mass is 10.1. The van der Waals surface area contributed by atoms with Crippen molar-refractivity contribution in [1.29, 1.82) is 0 Å². The van der Waals surface area contributed by atoms with Gasteiger partial charge in [0.2, 0.25) is 0 Å². The number of nitrogens with one attached hydrogen (secondary N) is 2. The van der Waals surface area contributed by atoms with E-state index in [1.54, 1.807) is 6.92 Å². The number of aromatic nitrogens is 4. The van der Waals surface area contributed by atoms with Crippen LogP contribution in [0.15, 0.2) is 21.7 Å². The van der Waals surface area contributed by atoms with E-state index in [0.29, 0.717) is 44.6 Å². The number of rotatable bonds is 10. The molecule has 0 aromatic heterocycles. The number of ether oxygens (including phenoxy) is 1. The van der Waals surface area contributed by atoms with Gasteiger partial charge in [0.1, 0.15) is 0 Å². The van der Waals surface area contributed by atoms with Crippen LogP contribution in [0.1, 0.15) is 51.0 Å². The van der Waals surface area contributed by atoms with E-state index in [1.165, 1.54) is 4.90 Å². The summed E-state index contributed by atoms with van der Waals surface area (Å²) >= 11 is 0. The summed E-state index contributed by atoms with van der Waals surface area (Å²) < 4.78 is 6.81. The maximum atomic E-state index is 12.5. The number of likely N-dealkylation sites (tertiary alicyclic amines) is 1. The fourth-order valence-corrected chi connectivity index (χ4v) is 4.73. The van der Waals surface area contributed by atoms with Gasteiger partial charge >= 0.3 is 17.8 Å². The number of aryl methyl sites for hydroxylation is 2. The van der Waals surface area contributed by atoms with Gasteiger partial charge in [-0.05, 0) is 50.8 Å². The molecule has 0 aliphatic carbocycles. The zero-order valence-corrected chi connectivity index (χ0v) is 21.1. The van der Waals surface area contributed by atoms with Gasteiger partial charge in [-0.25, -0.2) is 14.6 Å². The Hall–Kier alpha value is -3.96. The van der Waals surface area contributed by atoms with Gasteiger partial charge in [-0.1, -0.05) is 12.8 Å². The minimum absolute atomic E-state index is 0.0253. The number of anilines is 1. The molecule has 0 spiro atoms. The van der Waals surface area contributed by atoms with Gasteiger partial charge in [-0.15, -0.1) is 0 Å². The van der Waals surface area contributed by atoms with Crippen molar-refractivity contribution < 1.29 is 19.4 Å². The summed E-state index contributed by atoms with van der Waals surface area (Å²) in [5.41, 5.74) is 1.85. The van der Waals surface area contributed by atoms with Crippen LogP contribution in [0, 0.1) is 6.92 Å². The maximum Gasteiger partial charge on any atom is 0.407 e. The quantitative estimate of drug-likeness (QED) is 0.211. The van der Waals surface area contributed by atoms with Crippen LogP contribution >= 0.6 is 0 Å². The van der Waals surface area contributed by atoms with Crippen molar-refractivity contribution in [2.45, 2.75) is 65.0 Å². The molecule has 3 aliphatic heterocycles. The highest BCUT2D eigenvalue weighted by Crippen LogP contribution is 2.28. The van der Waals surface area contributed by atoms with Crippen LogP contribution in [0.2, 0.25) is 0 Å². The number of unbranched alkanes of at least 4 members (excludes halogenated alkanes) is 3. The molecular formula is C25H32N6O6. The highest BCUT2D eigenvalue weighted by Gasteiger charge is 2.26. The summed E-state index contributed by atoms with van der Waals surface area (Å²) in [6.45, 7) is 5.45. The normalized spacial score (nSPS) is 15.4. The number of hydrogen-bond acceptors (Lipinski definition) is 8. The molecule has 1 aromatic carbocycles. The number of benzene rings is 1. The monoisotopic (exact) mass is 512 g/mol. The molecule has 0 bridgehead atoms. The summed E-state index contributed by atoms with van der Waals surface area (Å²) in [5, 5.41) is 12.7. The number of nitrogens with zero attached hydrogens (tertiary/aromatic N) is 4. The average molecular weight is 513 g/mol. The van der Waals surface area contributed by atoms with Crippen LogP contribution in [-0.2, 0) is 16.1 Å². The second-order valence-electron chi connectivity index (χ2n) is 9.29. The number of fused-ring (bicyclic) bond motifs is 2. The number of carbonyl (C=O) groups excluding carboxylic acids is 1. The van der Waals surface area contributed by atoms with Gasteiger partial charge in [-0.3, -0.25) is 14.6 Å². The Morgan fingerprint density at radius 3 is 2.70 bits per heavy atom. The Kier molecular flexibility index (Phi) is 8.04. The lowest BCUT2D eigenvalue weighted by Crippen LogP contribution is -2.30. The summed E-state index contributed by atoms with van der Waals surface area (Å²) in [6, 6.07) is 3.78. The first kappa shape index (κ1) is 26.1. The second kappa shape index (κ2) is 11.4. The molecule has 1 amide bonds. The molecule has 1 saturated heterocycles. The van der Waals surface area contributed by atoms with Crippen LogP contribution in [0.25, 0.3) is 22.6 Å². The minimum Gasteiger partial charge on any atom is -0.466 e. The molecule has 0 saturated carbocycles. The number of hydrogen-bond donors (Lipinski definition) is 3. The molecule has 3 N–H and O–H groups in total. The molecule has 37 heavy (non-hydrogen) atoms. The van der Waals surface area contributed by atoms with E-state index in [2.05, 4.69) is 20.3 Å². The topological polar surface area (TPSA) is 160 Å². The Morgan fingerprint density at radius 2 is 1.97 bits per heavy atom. The fraction of sp³-hybridized carbons (Fsp3) is 0.520. The van der Waals surface area contributed by atoms with Gasteiger partial charge in [0.25, 0.3) is 5.56 Å². The molecule has 1 atom stereocenters. The lowest BCUT2D eigenvalue weighted by molar-refractivity contribution is -0.143. The number of esters is 1. The molecule has 12 heteroatoms. The number of carbonyl (C=O) groups is 2. The average Bonchev–Trinajstić information content (AvgIpc) is 3.31. The first-order valence-corrected chi connectivity index (χ1v) is 12.6. The second-order valence-corrected chi connectivity index (χ2v) is 9.29. The largest absolute Gasteiger partial charge is 0.466 e. The zero-order valence-electron chi connectivity index (χ0n) is 21.1. The van der Waals surface area contributed by atoms with Crippen molar-refractivity contribution in [2.24, 2.45) is 0 Å². The van der Waals surface area contributed by atoms with Crippen LogP contribution < -0.4 is 16.6 Å². The van der Waals surface area contributed by atoms with Gasteiger partial charge < -0.3 is 24.6 Å². The van der Waals surface area contributed by atoms with Crippen molar-refractivity contribution >= 4 is 28.8 Å². The van der Waals surface area contributed by atoms with E-state index in [9.17, 15) is 24.3 Å². The molecule has 4 rings (SSSR count). The van der Waals surface area contributed by atoms with Crippen molar-refractivity contribution in [3.05, 3.63) is 38.5 Å². The molecule has 1 fully saturated rings. The maximum absolute atomic E-state index is 12.5. The smallest absolute Gasteiger partial charge is 0.407 e. The van der Waals surface area contributed by atoms with Crippen molar-refractivity contribution in [1.82, 2.24) is 24.4 Å². The Morgan fingerprint density at radius 1 is 1.19 bits per heavy atom. The molecule has 1 aromatic rings. The summed E-state index contributed by atoms with van der Waals surface area (Å²) in [7, 11) is 0. The molecule has 12 nitrogen and oxygen atoms in total. The van der Waals surface area contributed by atoms with Gasteiger partial charge in [-0.2, -0.15) is 4.98 Å². The number of H-pyrrole nitrogens is 1. The van der Waals surface area contributed by atoms with Crippen molar-refractivity contribution in [3.8, 4) is 11.5 Å². The number of aromatic amines is 1. The molecular weight excluding hydrogens is 480 g/mol. The Balaban J connectivity index is 1.60. The third kappa shape index (κ3) is 6.07. The molecule has 0 radical (unpaired) electrons. The summed E-state index contributed by atoms with van der Waals surface area (Å²) in [4.78, 5) is 59.6. The van der Waals surface area contributed by atoms with Gasteiger partial charge in [0.15, 0.2) is 11.5 Å². The lowest BCUT2D eigenvalue weighted by Gasteiger charge is -2.20. The molecule has 3 aliphatic rings. The van der Waals surface area contributed by atoms with E-state index in [1.807, 2.05) is 23.6 Å². The Bertz CT molecular complexity index is 1380. The summed E-state index contributed by atoms with van der Waals surface area (Å²) in [6.07, 6.45) is 3.31. The zero-order chi connectivity index (χ0) is 26.5. The SMILES string of the molecule is CCOC(=O)CCCCCCn1c2nc(=O)[nH]c(=O)c-2nc2cc(C)c(N[C@@H]3CCN(C(=O)O)C3)cc21. The third-order valence-electron chi connectivity index (χ3n) is 6.59. The summed E-state index contributed by atoms with van der Waals surface area (Å²) in [5.74, 6) is 0.0269. The third-order valence-corrected chi connectivity index (χ3v) is 6.59. The van der Waals surface area contributed by atoms with E-state index in [4.69, 9.17) is 4.74 Å². The van der Waals surface area contributed by atoms with Crippen LogP contribution in [0.4, 0.5) is 10.5 Å². The van der Waals surface area contributed by atoms with E-state index in [-0.39, 0.29) is 23.5 Å². The van der Waals surface area contributed by atoms with Crippen molar-refractivity contribution in [3.63, 3.8) is 0 Å². The fourth-order valence-electron chi connectivity index (χ4n) is 4.73.